The van der Waals surface area contributed by atoms with Crippen LogP contribution in [0, 0.1) is 0 Å². The van der Waals surface area contributed by atoms with E-state index >= 15 is 0 Å². The molecule has 0 aliphatic rings. The highest BCUT2D eigenvalue weighted by Gasteiger charge is 2.32. The third-order valence-corrected chi connectivity index (χ3v) is 5.48. The molecular weight excluding hydrogens is 294 g/mol. The first kappa shape index (κ1) is 17.0. The molecule has 1 aromatic rings. The molecule has 1 rings (SSSR count). The molecule has 0 radical (unpaired) electrons. The second kappa shape index (κ2) is 6.60. The van der Waals surface area contributed by atoms with E-state index in [0.717, 1.165) is 0 Å². The Morgan fingerprint density at radius 2 is 1.90 bits per heavy atom. The normalized spacial score (nSPS) is 12.3. The molecule has 0 bridgehead atoms. The Bertz CT molecular complexity index is 573. The van der Waals surface area contributed by atoms with Gasteiger partial charge in [-0.2, -0.15) is 0 Å². The molecule has 0 atom stereocenters. The first-order chi connectivity index (χ1) is 9.32. The van der Waals surface area contributed by atoms with Gasteiger partial charge in [0, 0.05) is 11.7 Å². The molecular formula is C13H21N3O2S2. The van der Waals surface area contributed by atoms with E-state index in [1.54, 1.807) is 6.07 Å². The van der Waals surface area contributed by atoms with Crippen LogP contribution in [0.4, 0.5) is 0 Å². The van der Waals surface area contributed by atoms with E-state index in [1.165, 1.54) is 12.3 Å². The van der Waals surface area contributed by atoms with Crippen LogP contribution in [0.5, 0.6) is 0 Å². The molecule has 1 aromatic heterocycles. The minimum absolute atomic E-state index is 0.0268. The van der Waals surface area contributed by atoms with Crippen molar-refractivity contribution in [2.45, 2.75) is 50.5 Å². The van der Waals surface area contributed by atoms with Crippen molar-refractivity contribution in [2.75, 3.05) is 0 Å². The zero-order chi connectivity index (χ0) is 15.4. The van der Waals surface area contributed by atoms with Crippen LogP contribution in [0.1, 0.15) is 45.7 Å². The lowest BCUT2D eigenvalue weighted by atomic mass is 9.91. The highest BCUT2D eigenvalue weighted by Crippen LogP contribution is 2.23. The van der Waals surface area contributed by atoms with Crippen molar-refractivity contribution in [3.63, 3.8) is 0 Å². The number of sulfonamides is 1. The van der Waals surface area contributed by atoms with E-state index in [9.17, 15) is 8.42 Å². The SMILES string of the molecule is CCC(CC)(CC)NS(=O)(=O)c1cccnc1C(N)=S. The Kier molecular flexibility index (Phi) is 5.61. The van der Waals surface area contributed by atoms with Crippen LogP contribution < -0.4 is 10.5 Å². The summed E-state index contributed by atoms with van der Waals surface area (Å²) in [6.07, 6.45) is 3.60. The highest BCUT2D eigenvalue weighted by atomic mass is 32.2. The fraction of sp³-hybridized carbons (Fsp3) is 0.538. The molecule has 0 unspecified atom stereocenters. The van der Waals surface area contributed by atoms with Gasteiger partial charge in [-0.15, -0.1) is 0 Å². The summed E-state index contributed by atoms with van der Waals surface area (Å²) in [6, 6.07) is 3.03. The smallest absolute Gasteiger partial charge is 0.243 e. The van der Waals surface area contributed by atoms with Crippen molar-refractivity contribution in [3.8, 4) is 0 Å². The number of rotatable bonds is 7. The lowest BCUT2D eigenvalue weighted by Crippen LogP contribution is -2.47. The molecule has 112 valence electrons. The van der Waals surface area contributed by atoms with Crippen LogP contribution in [0.25, 0.3) is 0 Å². The van der Waals surface area contributed by atoms with Crippen LogP contribution in [-0.2, 0) is 10.0 Å². The standard InChI is InChI=1S/C13H21N3O2S2/c1-4-13(5-2,6-3)16-20(17,18)10-8-7-9-15-11(10)12(14)19/h7-9,16H,4-6H2,1-3H3,(H2,14,19). The van der Waals surface area contributed by atoms with Gasteiger partial charge in [0.15, 0.2) is 0 Å². The van der Waals surface area contributed by atoms with Crippen molar-refractivity contribution < 1.29 is 8.42 Å². The van der Waals surface area contributed by atoms with E-state index in [-0.39, 0.29) is 15.6 Å². The molecule has 0 saturated heterocycles. The van der Waals surface area contributed by atoms with Gasteiger partial charge in [-0.05, 0) is 31.4 Å². The van der Waals surface area contributed by atoms with Crippen LogP contribution in [0.3, 0.4) is 0 Å². The summed E-state index contributed by atoms with van der Waals surface area (Å²) in [5.41, 5.74) is 5.22. The zero-order valence-corrected chi connectivity index (χ0v) is 13.6. The topological polar surface area (TPSA) is 85.1 Å². The number of hydrogen-bond acceptors (Lipinski definition) is 4. The molecule has 20 heavy (non-hydrogen) atoms. The highest BCUT2D eigenvalue weighted by molar-refractivity contribution is 7.89. The largest absolute Gasteiger partial charge is 0.388 e. The van der Waals surface area contributed by atoms with E-state index in [0.29, 0.717) is 19.3 Å². The minimum Gasteiger partial charge on any atom is -0.388 e. The predicted octanol–water partition coefficient (Wildman–Crippen LogP) is 1.96. The van der Waals surface area contributed by atoms with E-state index in [1.807, 2.05) is 20.8 Å². The number of nitrogens with one attached hydrogen (secondary N) is 1. The van der Waals surface area contributed by atoms with Crippen molar-refractivity contribution >= 4 is 27.2 Å². The fourth-order valence-corrected chi connectivity index (χ4v) is 4.11. The number of thiocarbonyl (C=S) groups is 1. The maximum absolute atomic E-state index is 12.6. The zero-order valence-electron chi connectivity index (χ0n) is 12.0. The second-order valence-corrected chi connectivity index (χ2v) is 6.75. The number of hydrogen-bond donors (Lipinski definition) is 2. The average molecular weight is 315 g/mol. The first-order valence-electron chi connectivity index (χ1n) is 6.60. The van der Waals surface area contributed by atoms with Crippen molar-refractivity contribution in [2.24, 2.45) is 5.73 Å². The molecule has 7 heteroatoms. The number of aromatic nitrogens is 1. The summed E-state index contributed by atoms with van der Waals surface area (Å²) in [4.78, 5) is 3.97. The van der Waals surface area contributed by atoms with Gasteiger partial charge in [-0.25, -0.2) is 13.1 Å². The van der Waals surface area contributed by atoms with Crippen LogP contribution >= 0.6 is 12.2 Å². The Hall–Kier alpha value is -1.05. The lowest BCUT2D eigenvalue weighted by molar-refractivity contribution is 0.341. The molecule has 0 saturated carbocycles. The predicted molar refractivity (Wildman–Crippen MR) is 84.0 cm³/mol. The average Bonchev–Trinajstić information content (AvgIpc) is 2.45. The molecule has 0 aliphatic carbocycles. The van der Waals surface area contributed by atoms with Crippen LogP contribution in [-0.4, -0.2) is 23.9 Å². The summed E-state index contributed by atoms with van der Waals surface area (Å²) in [6.45, 7) is 5.90. The van der Waals surface area contributed by atoms with E-state index in [4.69, 9.17) is 18.0 Å². The summed E-state index contributed by atoms with van der Waals surface area (Å²) >= 11 is 4.87. The summed E-state index contributed by atoms with van der Waals surface area (Å²) < 4.78 is 28.0. The van der Waals surface area contributed by atoms with Gasteiger partial charge in [0.05, 0.1) is 0 Å². The third-order valence-electron chi connectivity index (χ3n) is 3.67. The molecule has 3 N–H and O–H groups in total. The van der Waals surface area contributed by atoms with Gasteiger partial charge in [-0.3, -0.25) is 4.98 Å². The van der Waals surface area contributed by atoms with Crippen LogP contribution in [0.15, 0.2) is 23.2 Å². The molecule has 0 aromatic carbocycles. The van der Waals surface area contributed by atoms with Crippen LogP contribution in [0.2, 0.25) is 0 Å². The molecule has 0 spiro atoms. The van der Waals surface area contributed by atoms with Gasteiger partial charge in [0.2, 0.25) is 10.0 Å². The first-order valence-corrected chi connectivity index (χ1v) is 8.49. The maximum atomic E-state index is 12.6. The summed E-state index contributed by atoms with van der Waals surface area (Å²) in [5, 5.41) is 0. The second-order valence-electron chi connectivity index (χ2n) is 4.66. The van der Waals surface area contributed by atoms with Gasteiger partial charge >= 0.3 is 0 Å². The van der Waals surface area contributed by atoms with Crippen molar-refractivity contribution in [3.05, 3.63) is 24.0 Å². The molecule has 5 nitrogen and oxygen atoms in total. The molecule has 0 fully saturated rings. The van der Waals surface area contributed by atoms with Gasteiger partial charge in [-0.1, -0.05) is 33.0 Å². The number of pyridine rings is 1. The lowest BCUT2D eigenvalue weighted by Gasteiger charge is -2.31. The van der Waals surface area contributed by atoms with Crippen molar-refractivity contribution in [1.82, 2.24) is 9.71 Å². The number of nitrogens with zero attached hydrogens (tertiary/aromatic N) is 1. The summed E-state index contributed by atoms with van der Waals surface area (Å²) in [7, 11) is -3.71. The fourth-order valence-electron chi connectivity index (χ4n) is 2.10. The van der Waals surface area contributed by atoms with E-state index < -0.39 is 15.6 Å². The summed E-state index contributed by atoms with van der Waals surface area (Å²) in [5.74, 6) is 0. The number of nitrogens with two attached hydrogens (primary N) is 1. The van der Waals surface area contributed by atoms with Crippen molar-refractivity contribution in [1.29, 1.82) is 0 Å². The molecule has 0 amide bonds. The van der Waals surface area contributed by atoms with E-state index in [2.05, 4.69) is 9.71 Å². The molecule has 0 aliphatic heterocycles. The Labute approximate surface area is 126 Å². The third kappa shape index (κ3) is 3.53. The van der Waals surface area contributed by atoms with Gasteiger partial charge < -0.3 is 5.73 Å². The minimum atomic E-state index is -3.71. The monoisotopic (exact) mass is 315 g/mol. The quantitative estimate of drug-likeness (QED) is 0.751. The molecule has 1 heterocycles. The maximum Gasteiger partial charge on any atom is 0.243 e. The van der Waals surface area contributed by atoms with Gasteiger partial charge in [0.1, 0.15) is 15.6 Å². The Morgan fingerprint density at radius 1 is 1.35 bits per heavy atom. The van der Waals surface area contributed by atoms with Gasteiger partial charge in [0.25, 0.3) is 0 Å². The Morgan fingerprint density at radius 3 is 2.35 bits per heavy atom. The Balaban J connectivity index is 3.28.